The Kier molecular flexibility index (Phi) is 3.06. The van der Waals surface area contributed by atoms with Crippen LogP contribution >= 0.6 is 0 Å². The fourth-order valence-electron chi connectivity index (χ4n) is 1.94. The second kappa shape index (κ2) is 4.49. The van der Waals surface area contributed by atoms with Crippen molar-refractivity contribution in [3.8, 4) is 0 Å². The molecular weight excluding hydrogens is 198 g/mol. The lowest BCUT2D eigenvalue weighted by molar-refractivity contribution is 0.719. The summed E-state index contributed by atoms with van der Waals surface area (Å²) in [6.07, 6.45) is 1.84. The summed E-state index contributed by atoms with van der Waals surface area (Å²) in [7, 11) is 2.06. The highest BCUT2D eigenvalue weighted by Gasteiger charge is 2.07. The van der Waals surface area contributed by atoms with Gasteiger partial charge in [-0.3, -0.25) is 4.98 Å². The standard InChI is InChI=1S/C13H17N3/c1-10(14)9-16(2)13-7-8-15-12-6-4-3-5-11(12)13/h3-8,10H,9,14H2,1-2H3. The van der Waals surface area contributed by atoms with Crippen LogP contribution in [-0.2, 0) is 0 Å². The van der Waals surface area contributed by atoms with Crippen LogP contribution in [0.4, 0.5) is 5.69 Å². The molecule has 0 spiro atoms. The Balaban J connectivity index is 2.44. The molecule has 0 saturated heterocycles. The Labute approximate surface area is 95.9 Å². The average Bonchev–Trinajstić information content (AvgIpc) is 2.27. The molecule has 1 atom stereocenters. The second-order valence-corrected chi connectivity index (χ2v) is 4.21. The minimum atomic E-state index is 0.164. The van der Waals surface area contributed by atoms with Gasteiger partial charge in [0.15, 0.2) is 0 Å². The van der Waals surface area contributed by atoms with Crippen molar-refractivity contribution in [2.75, 3.05) is 18.5 Å². The van der Waals surface area contributed by atoms with E-state index < -0.39 is 0 Å². The summed E-state index contributed by atoms with van der Waals surface area (Å²) in [5.41, 5.74) is 8.03. The Morgan fingerprint density at radius 1 is 1.31 bits per heavy atom. The molecule has 0 bridgehead atoms. The van der Waals surface area contributed by atoms with Gasteiger partial charge < -0.3 is 10.6 Å². The van der Waals surface area contributed by atoms with Crippen molar-refractivity contribution < 1.29 is 0 Å². The molecule has 16 heavy (non-hydrogen) atoms. The number of benzene rings is 1. The lowest BCUT2D eigenvalue weighted by Crippen LogP contribution is -2.32. The van der Waals surface area contributed by atoms with Gasteiger partial charge in [-0.25, -0.2) is 0 Å². The fraction of sp³-hybridized carbons (Fsp3) is 0.308. The van der Waals surface area contributed by atoms with E-state index in [1.165, 1.54) is 11.1 Å². The Bertz CT molecular complexity index is 474. The summed E-state index contributed by atoms with van der Waals surface area (Å²) in [4.78, 5) is 6.52. The van der Waals surface area contributed by atoms with Crippen LogP contribution in [0.15, 0.2) is 36.5 Å². The summed E-state index contributed by atoms with van der Waals surface area (Å²) in [5.74, 6) is 0. The summed E-state index contributed by atoms with van der Waals surface area (Å²) in [6, 6.07) is 10.4. The summed E-state index contributed by atoms with van der Waals surface area (Å²) in [5, 5.41) is 1.17. The smallest absolute Gasteiger partial charge is 0.0722 e. The van der Waals surface area contributed by atoms with Gasteiger partial charge in [0.1, 0.15) is 0 Å². The van der Waals surface area contributed by atoms with Crippen LogP contribution < -0.4 is 10.6 Å². The van der Waals surface area contributed by atoms with E-state index in [2.05, 4.69) is 23.0 Å². The first-order valence-corrected chi connectivity index (χ1v) is 5.49. The van der Waals surface area contributed by atoms with Crippen LogP contribution in [0.25, 0.3) is 10.9 Å². The number of pyridine rings is 1. The second-order valence-electron chi connectivity index (χ2n) is 4.21. The summed E-state index contributed by atoms with van der Waals surface area (Å²) < 4.78 is 0. The molecule has 1 aromatic carbocycles. The normalized spacial score (nSPS) is 12.7. The number of anilines is 1. The number of nitrogens with zero attached hydrogens (tertiary/aromatic N) is 2. The maximum Gasteiger partial charge on any atom is 0.0722 e. The lowest BCUT2D eigenvalue weighted by atomic mass is 10.1. The maximum absolute atomic E-state index is 5.82. The number of hydrogen-bond donors (Lipinski definition) is 1. The van der Waals surface area contributed by atoms with Crippen LogP contribution in [-0.4, -0.2) is 24.6 Å². The maximum atomic E-state index is 5.82. The van der Waals surface area contributed by atoms with Gasteiger partial charge >= 0.3 is 0 Å². The van der Waals surface area contributed by atoms with E-state index in [0.29, 0.717) is 0 Å². The average molecular weight is 215 g/mol. The molecule has 2 N–H and O–H groups in total. The Hall–Kier alpha value is -1.61. The molecule has 2 aromatic rings. The van der Waals surface area contributed by atoms with Crippen molar-refractivity contribution >= 4 is 16.6 Å². The van der Waals surface area contributed by atoms with E-state index in [9.17, 15) is 0 Å². The molecule has 0 amide bonds. The molecule has 0 aliphatic rings. The lowest BCUT2D eigenvalue weighted by Gasteiger charge is -2.22. The van der Waals surface area contributed by atoms with Crippen LogP contribution in [0.3, 0.4) is 0 Å². The number of nitrogens with two attached hydrogens (primary N) is 1. The van der Waals surface area contributed by atoms with Gasteiger partial charge in [-0.1, -0.05) is 18.2 Å². The first-order valence-electron chi connectivity index (χ1n) is 5.49. The molecule has 2 rings (SSSR count). The Morgan fingerprint density at radius 3 is 2.81 bits per heavy atom. The molecule has 3 nitrogen and oxygen atoms in total. The predicted octanol–water partition coefficient (Wildman–Crippen LogP) is 2.02. The zero-order valence-electron chi connectivity index (χ0n) is 9.72. The van der Waals surface area contributed by atoms with Gasteiger partial charge in [0.2, 0.25) is 0 Å². The van der Waals surface area contributed by atoms with Crippen molar-refractivity contribution in [2.24, 2.45) is 5.73 Å². The first kappa shape index (κ1) is 10.9. The van der Waals surface area contributed by atoms with Crippen LogP contribution in [0, 0.1) is 0 Å². The first-order chi connectivity index (χ1) is 7.68. The molecule has 0 fully saturated rings. The van der Waals surface area contributed by atoms with Crippen molar-refractivity contribution in [3.63, 3.8) is 0 Å². The van der Waals surface area contributed by atoms with Gasteiger partial charge in [-0.15, -0.1) is 0 Å². The highest BCUT2D eigenvalue weighted by atomic mass is 15.1. The molecule has 0 saturated carbocycles. The van der Waals surface area contributed by atoms with E-state index in [1.54, 1.807) is 0 Å². The molecular formula is C13H17N3. The van der Waals surface area contributed by atoms with Gasteiger partial charge in [0.25, 0.3) is 0 Å². The summed E-state index contributed by atoms with van der Waals surface area (Å²) in [6.45, 7) is 2.86. The van der Waals surface area contributed by atoms with E-state index in [1.807, 2.05) is 37.4 Å². The minimum absolute atomic E-state index is 0.164. The monoisotopic (exact) mass is 215 g/mol. The van der Waals surface area contributed by atoms with E-state index >= 15 is 0 Å². The number of likely N-dealkylation sites (N-methyl/N-ethyl adjacent to an activating group) is 1. The van der Waals surface area contributed by atoms with Gasteiger partial charge in [-0.05, 0) is 19.1 Å². The highest BCUT2D eigenvalue weighted by molar-refractivity contribution is 5.91. The number of aromatic nitrogens is 1. The number of rotatable bonds is 3. The van der Waals surface area contributed by atoms with Crippen molar-refractivity contribution in [1.29, 1.82) is 0 Å². The Morgan fingerprint density at radius 2 is 2.06 bits per heavy atom. The van der Waals surface area contributed by atoms with Crippen LogP contribution in [0.1, 0.15) is 6.92 Å². The topological polar surface area (TPSA) is 42.1 Å². The highest BCUT2D eigenvalue weighted by Crippen LogP contribution is 2.23. The molecule has 3 heteroatoms. The molecule has 1 heterocycles. The molecule has 0 aliphatic heterocycles. The third-order valence-corrected chi connectivity index (χ3v) is 2.60. The zero-order chi connectivity index (χ0) is 11.5. The number of hydrogen-bond acceptors (Lipinski definition) is 3. The molecule has 84 valence electrons. The van der Waals surface area contributed by atoms with Crippen molar-refractivity contribution in [3.05, 3.63) is 36.5 Å². The fourth-order valence-corrected chi connectivity index (χ4v) is 1.94. The largest absolute Gasteiger partial charge is 0.372 e. The molecule has 0 radical (unpaired) electrons. The van der Waals surface area contributed by atoms with Crippen LogP contribution in [0.2, 0.25) is 0 Å². The third-order valence-electron chi connectivity index (χ3n) is 2.60. The molecule has 1 aromatic heterocycles. The zero-order valence-corrected chi connectivity index (χ0v) is 9.72. The van der Waals surface area contributed by atoms with Gasteiger partial charge in [0, 0.05) is 36.9 Å². The minimum Gasteiger partial charge on any atom is -0.372 e. The van der Waals surface area contributed by atoms with Crippen LogP contribution in [0.5, 0.6) is 0 Å². The molecule has 0 aliphatic carbocycles. The van der Waals surface area contributed by atoms with E-state index in [0.717, 1.165) is 12.1 Å². The van der Waals surface area contributed by atoms with E-state index in [4.69, 9.17) is 5.73 Å². The van der Waals surface area contributed by atoms with Gasteiger partial charge in [-0.2, -0.15) is 0 Å². The third kappa shape index (κ3) is 2.14. The molecule has 1 unspecified atom stereocenters. The quantitative estimate of drug-likeness (QED) is 0.851. The van der Waals surface area contributed by atoms with Gasteiger partial charge in [0.05, 0.1) is 5.52 Å². The number of fused-ring (bicyclic) bond motifs is 1. The van der Waals surface area contributed by atoms with E-state index in [-0.39, 0.29) is 6.04 Å². The number of para-hydroxylation sites is 1. The SMILES string of the molecule is CC(N)CN(C)c1ccnc2ccccc12. The van der Waals surface area contributed by atoms with Crippen molar-refractivity contribution in [1.82, 2.24) is 4.98 Å². The van der Waals surface area contributed by atoms with Crippen molar-refractivity contribution in [2.45, 2.75) is 13.0 Å². The summed E-state index contributed by atoms with van der Waals surface area (Å²) >= 11 is 0. The predicted molar refractivity (Wildman–Crippen MR) is 68.7 cm³/mol.